The molecule has 0 bridgehead atoms. The Morgan fingerprint density at radius 3 is 2.48 bits per heavy atom. The van der Waals surface area contributed by atoms with Crippen LogP contribution in [0.4, 0.5) is 11.4 Å². The van der Waals surface area contributed by atoms with Gasteiger partial charge in [-0.2, -0.15) is 0 Å². The second kappa shape index (κ2) is 8.48. The van der Waals surface area contributed by atoms with Crippen LogP contribution in [0.2, 0.25) is 0 Å². The van der Waals surface area contributed by atoms with Gasteiger partial charge in [-0.3, -0.25) is 9.59 Å². The lowest BCUT2D eigenvalue weighted by atomic mass is 9.93. The topological polar surface area (TPSA) is 70.2 Å². The van der Waals surface area contributed by atoms with Crippen LogP contribution in [-0.4, -0.2) is 24.9 Å². The Hall–Kier alpha value is -1.88. The quantitative estimate of drug-likeness (QED) is 0.762. The van der Waals surface area contributed by atoms with Crippen molar-refractivity contribution in [3.8, 4) is 0 Å². The molecule has 0 aromatic heterocycles. The molecule has 1 aromatic carbocycles. The molecule has 2 amide bonds. The molecule has 2 rings (SSSR count). The summed E-state index contributed by atoms with van der Waals surface area (Å²) in [5.74, 6) is 0.644. The monoisotopic (exact) mass is 345 g/mol. The van der Waals surface area contributed by atoms with Crippen molar-refractivity contribution in [3.63, 3.8) is 0 Å². The van der Waals surface area contributed by atoms with E-state index >= 15 is 0 Å². The first-order valence-electron chi connectivity index (χ1n) is 9.18. The van der Waals surface area contributed by atoms with E-state index in [0.717, 1.165) is 43.6 Å². The average molecular weight is 345 g/mol. The fourth-order valence-corrected chi connectivity index (χ4v) is 2.87. The van der Waals surface area contributed by atoms with E-state index in [0.29, 0.717) is 18.0 Å². The molecule has 0 spiro atoms. The molecule has 0 aliphatic carbocycles. The first-order valence-corrected chi connectivity index (χ1v) is 9.18. The molecule has 0 unspecified atom stereocenters. The van der Waals surface area contributed by atoms with E-state index in [1.54, 1.807) is 0 Å². The number of benzene rings is 1. The molecular formula is C20H31N3O2. The lowest BCUT2D eigenvalue weighted by molar-refractivity contribution is -0.123. The van der Waals surface area contributed by atoms with Gasteiger partial charge in [-0.25, -0.2) is 0 Å². The Morgan fingerprint density at radius 1 is 1.16 bits per heavy atom. The van der Waals surface area contributed by atoms with Gasteiger partial charge < -0.3 is 16.0 Å². The van der Waals surface area contributed by atoms with Crippen LogP contribution in [0.1, 0.15) is 52.0 Å². The van der Waals surface area contributed by atoms with Crippen molar-refractivity contribution in [2.45, 2.75) is 53.4 Å². The van der Waals surface area contributed by atoms with E-state index in [1.165, 1.54) is 0 Å². The fraction of sp³-hybridized carbons (Fsp3) is 0.600. The highest BCUT2D eigenvalue weighted by Gasteiger charge is 2.21. The Bertz CT molecular complexity index is 614. The van der Waals surface area contributed by atoms with E-state index in [9.17, 15) is 9.59 Å². The molecule has 1 fully saturated rings. The fourth-order valence-electron chi connectivity index (χ4n) is 2.87. The molecule has 0 atom stereocenters. The minimum absolute atomic E-state index is 0.0421. The molecular weight excluding hydrogens is 314 g/mol. The lowest BCUT2D eigenvalue weighted by Crippen LogP contribution is -2.28. The standard InChI is InChI=1S/C20H31N3O2/c1-14-5-7-16(22-19(25)20(2,3)4)13-17(14)23-18(24)8-6-15-9-11-21-12-10-15/h5,7,13,15,21H,6,8-12H2,1-4H3,(H,22,25)(H,23,24). The average Bonchev–Trinajstić information content (AvgIpc) is 2.56. The second-order valence-corrected chi connectivity index (χ2v) is 8.01. The van der Waals surface area contributed by atoms with Crippen LogP contribution in [-0.2, 0) is 9.59 Å². The smallest absolute Gasteiger partial charge is 0.229 e. The Morgan fingerprint density at radius 2 is 1.84 bits per heavy atom. The Balaban J connectivity index is 1.92. The number of rotatable bonds is 5. The summed E-state index contributed by atoms with van der Waals surface area (Å²) in [5.41, 5.74) is 2.01. The normalized spacial score (nSPS) is 15.7. The number of hydrogen-bond acceptors (Lipinski definition) is 3. The van der Waals surface area contributed by atoms with Crippen molar-refractivity contribution in [3.05, 3.63) is 23.8 Å². The largest absolute Gasteiger partial charge is 0.326 e. The molecule has 138 valence electrons. The Labute approximate surface area is 151 Å². The molecule has 5 heteroatoms. The predicted octanol–water partition coefficient (Wildman–Crippen LogP) is 3.70. The van der Waals surface area contributed by atoms with Crippen molar-refractivity contribution < 1.29 is 9.59 Å². The summed E-state index contributed by atoms with van der Waals surface area (Å²) in [4.78, 5) is 24.4. The van der Waals surface area contributed by atoms with Crippen LogP contribution >= 0.6 is 0 Å². The third-order valence-corrected chi connectivity index (χ3v) is 4.69. The summed E-state index contributed by atoms with van der Waals surface area (Å²) in [5, 5.41) is 9.25. The van der Waals surface area contributed by atoms with Crippen LogP contribution in [0, 0.1) is 18.3 Å². The van der Waals surface area contributed by atoms with Gasteiger partial charge in [-0.15, -0.1) is 0 Å². The molecule has 1 heterocycles. The number of nitrogens with one attached hydrogen (secondary N) is 3. The molecule has 25 heavy (non-hydrogen) atoms. The summed E-state index contributed by atoms with van der Waals surface area (Å²) in [6, 6.07) is 5.62. The number of piperidine rings is 1. The maximum atomic E-state index is 12.3. The van der Waals surface area contributed by atoms with Gasteiger partial charge in [-0.05, 0) is 62.9 Å². The zero-order valence-corrected chi connectivity index (χ0v) is 15.9. The predicted molar refractivity (Wildman–Crippen MR) is 103 cm³/mol. The first kappa shape index (κ1) is 19.4. The van der Waals surface area contributed by atoms with Crippen molar-refractivity contribution in [1.82, 2.24) is 5.32 Å². The van der Waals surface area contributed by atoms with Gasteiger partial charge in [0.05, 0.1) is 0 Å². The maximum absolute atomic E-state index is 12.3. The van der Waals surface area contributed by atoms with Crippen LogP contribution < -0.4 is 16.0 Å². The molecule has 1 aromatic rings. The van der Waals surface area contributed by atoms with Crippen LogP contribution in [0.3, 0.4) is 0 Å². The zero-order valence-electron chi connectivity index (χ0n) is 15.9. The second-order valence-electron chi connectivity index (χ2n) is 8.01. The van der Waals surface area contributed by atoms with Crippen molar-refractivity contribution in [2.75, 3.05) is 23.7 Å². The van der Waals surface area contributed by atoms with Gasteiger partial charge in [0.15, 0.2) is 0 Å². The highest BCUT2D eigenvalue weighted by Crippen LogP contribution is 2.24. The van der Waals surface area contributed by atoms with E-state index < -0.39 is 5.41 Å². The van der Waals surface area contributed by atoms with E-state index in [2.05, 4.69) is 16.0 Å². The molecule has 1 saturated heterocycles. The summed E-state index contributed by atoms with van der Waals surface area (Å²) in [6.07, 6.45) is 3.79. The van der Waals surface area contributed by atoms with Gasteiger partial charge in [0.25, 0.3) is 0 Å². The highest BCUT2D eigenvalue weighted by atomic mass is 16.2. The van der Waals surface area contributed by atoms with Crippen molar-refractivity contribution in [2.24, 2.45) is 11.3 Å². The third-order valence-electron chi connectivity index (χ3n) is 4.69. The number of anilines is 2. The zero-order chi connectivity index (χ0) is 18.4. The van der Waals surface area contributed by atoms with E-state index in [1.807, 2.05) is 45.9 Å². The molecule has 3 N–H and O–H groups in total. The van der Waals surface area contributed by atoms with Crippen LogP contribution in [0.5, 0.6) is 0 Å². The van der Waals surface area contributed by atoms with Gasteiger partial charge >= 0.3 is 0 Å². The molecule has 5 nitrogen and oxygen atoms in total. The summed E-state index contributed by atoms with van der Waals surface area (Å²) in [6.45, 7) is 9.69. The highest BCUT2D eigenvalue weighted by molar-refractivity contribution is 5.96. The summed E-state index contributed by atoms with van der Waals surface area (Å²) < 4.78 is 0. The van der Waals surface area contributed by atoms with E-state index in [4.69, 9.17) is 0 Å². The van der Waals surface area contributed by atoms with Gasteiger partial charge in [0, 0.05) is 23.2 Å². The summed E-state index contributed by atoms with van der Waals surface area (Å²) >= 11 is 0. The minimum atomic E-state index is -0.455. The van der Waals surface area contributed by atoms with Gasteiger partial charge in [0.2, 0.25) is 11.8 Å². The SMILES string of the molecule is Cc1ccc(NC(=O)C(C)(C)C)cc1NC(=O)CCC1CCNCC1. The van der Waals surface area contributed by atoms with Gasteiger partial charge in [-0.1, -0.05) is 26.8 Å². The molecule has 1 aliphatic heterocycles. The van der Waals surface area contributed by atoms with Crippen LogP contribution in [0.25, 0.3) is 0 Å². The minimum Gasteiger partial charge on any atom is -0.326 e. The van der Waals surface area contributed by atoms with Crippen LogP contribution in [0.15, 0.2) is 18.2 Å². The van der Waals surface area contributed by atoms with E-state index in [-0.39, 0.29) is 11.8 Å². The Kier molecular flexibility index (Phi) is 6.59. The number of carbonyl (C=O) groups excluding carboxylic acids is 2. The van der Waals surface area contributed by atoms with Gasteiger partial charge in [0.1, 0.15) is 0 Å². The lowest BCUT2D eigenvalue weighted by Gasteiger charge is -2.22. The molecule has 1 aliphatic rings. The number of hydrogen-bond donors (Lipinski definition) is 3. The number of amides is 2. The molecule has 0 radical (unpaired) electrons. The summed E-state index contributed by atoms with van der Waals surface area (Å²) in [7, 11) is 0. The molecule has 0 saturated carbocycles. The third kappa shape index (κ3) is 6.16. The maximum Gasteiger partial charge on any atom is 0.229 e. The number of carbonyl (C=O) groups is 2. The first-order chi connectivity index (χ1) is 11.8. The van der Waals surface area contributed by atoms with Crippen molar-refractivity contribution in [1.29, 1.82) is 0 Å². The number of aryl methyl sites for hydroxylation is 1. The van der Waals surface area contributed by atoms with Crippen molar-refractivity contribution >= 4 is 23.2 Å².